The van der Waals surface area contributed by atoms with Crippen molar-refractivity contribution in [1.29, 1.82) is 0 Å². The number of morpholine rings is 1. The van der Waals surface area contributed by atoms with E-state index in [1.165, 1.54) is 12.0 Å². The molecule has 154 valence electrons. The first-order valence-electron chi connectivity index (χ1n) is 10.7. The van der Waals surface area contributed by atoms with Crippen LogP contribution in [0.1, 0.15) is 33.8 Å². The normalized spacial score (nSPS) is 20.0. The third-order valence-corrected chi connectivity index (χ3v) is 6.16. The molecular formula is C24H31N3O2. The number of nitrogens with zero attached hydrogens (tertiary/aromatic N) is 2. The highest BCUT2D eigenvalue weighted by Crippen LogP contribution is 2.27. The van der Waals surface area contributed by atoms with Gasteiger partial charge < -0.3 is 19.9 Å². The van der Waals surface area contributed by atoms with E-state index in [1.54, 1.807) is 0 Å². The van der Waals surface area contributed by atoms with E-state index in [9.17, 15) is 4.79 Å². The highest BCUT2D eigenvalue weighted by Gasteiger charge is 2.23. The fourth-order valence-electron chi connectivity index (χ4n) is 4.47. The summed E-state index contributed by atoms with van der Waals surface area (Å²) in [6.07, 6.45) is 1.19. The van der Waals surface area contributed by atoms with Gasteiger partial charge in [0.1, 0.15) is 0 Å². The summed E-state index contributed by atoms with van der Waals surface area (Å²) in [7, 11) is 0. The van der Waals surface area contributed by atoms with Gasteiger partial charge in [-0.1, -0.05) is 36.4 Å². The summed E-state index contributed by atoms with van der Waals surface area (Å²) in [4.78, 5) is 17.5. The van der Waals surface area contributed by atoms with E-state index in [2.05, 4.69) is 51.5 Å². The Morgan fingerprint density at radius 2 is 1.86 bits per heavy atom. The lowest BCUT2D eigenvalue weighted by atomic mass is 9.99. The summed E-state index contributed by atoms with van der Waals surface area (Å²) in [6.45, 7) is 9.05. The molecule has 2 aliphatic rings. The highest BCUT2D eigenvalue weighted by atomic mass is 16.5. The zero-order valence-corrected chi connectivity index (χ0v) is 17.3. The van der Waals surface area contributed by atoms with E-state index in [0.717, 1.165) is 62.8 Å². The molecule has 0 aromatic heterocycles. The summed E-state index contributed by atoms with van der Waals surface area (Å²) in [5, 5.41) is 3.13. The maximum Gasteiger partial charge on any atom is 0.251 e. The van der Waals surface area contributed by atoms with Crippen molar-refractivity contribution in [3.05, 3.63) is 65.2 Å². The number of hydrogen-bond acceptors (Lipinski definition) is 4. The number of hydrogen-bond donors (Lipinski definition) is 1. The smallest absolute Gasteiger partial charge is 0.251 e. The topological polar surface area (TPSA) is 44.8 Å². The Morgan fingerprint density at radius 3 is 2.66 bits per heavy atom. The average Bonchev–Trinajstić information content (AvgIpc) is 3.24. The van der Waals surface area contributed by atoms with Crippen molar-refractivity contribution >= 4 is 11.6 Å². The summed E-state index contributed by atoms with van der Waals surface area (Å²) < 4.78 is 5.45. The number of nitrogens with one attached hydrogen (secondary N) is 1. The predicted octanol–water partition coefficient (Wildman–Crippen LogP) is 3.05. The number of benzene rings is 2. The van der Waals surface area contributed by atoms with Crippen LogP contribution in [0, 0.1) is 6.92 Å². The molecule has 2 aromatic carbocycles. The lowest BCUT2D eigenvalue weighted by Gasteiger charge is -2.30. The minimum absolute atomic E-state index is 0.0245. The van der Waals surface area contributed by atoms with Gasteiger partial charge in [0.05, 0.1) is 13.2 Å². The molecule has 2 heterocycles. The van der Waals surface area contributed by atoms with Crippen molar-refractivity contribution in [2.75, 3.05) is 57.4 Å². The first-order valence-corrected chi connectivity index (χ1v) is 10.7. The van der Waals surface area contributed by atoms with Crippen LogP contribution >= 0.6 is 0 Å². The van der Waals surface area contributed by atoms with Crippen LogP contribution < -0.4 is 10.2 Å². The number of amides is 1. The highest BCUT2D eigenvalue weighted by molar-refractivity contribution is 5.97. The van der Waals surface area contributed by atoms with E-state index in [0.29, 0.717) is 12.5 Å². The molecule has 2 saturated heterocycles. The second-order valence-electron chi connectivity index (χ2n) is 8.00. The minimum Gasteiger partial charge on any atom is -0.378 e. The van der Waals surface area contributed by atoms with Crippen molar-refractivity contribution in [3.63, 3.8) is 0 Å². The molecule has 4 rings (SSSR count). The fraction of sp³-hybridized carbons (Fsp3) is 0.458. The van der Waals surface area contributed by atoms with Gasteiger partial charge in [0.25, 0.3) is 5.91 Å². The Balaban J connectivity index is 1.29. The molecule has 5 heteroatoms. The van der Waals surface area contributed by atoms with Crippen LogP contribution in [0.4, 0.5) is 5.69 Å². The summed E-state index contributed by atoms with van der Waals surface area (Å²) >= 11 is 0. The summed E-state index contributed by atoms with van der Waals surface area (Å²) in [6, 6.07) is 16.8. The SMILES string of the molecule is Cc1c(C(=O)NCCN2CCC(c3ccccc3)C2)cccc1N1CCOCC1. The quantitative estimate of drug-likeness (QED) is 0.819. The number of likely N-dealkylation sites (tertiary alicyclic amines) is 1. The third kappa shape index (κ3) is 4.80. The molecule has 29 heavy (non-hydrogen) atoms. The minimum atomic E-state index is 0.0245. The molecule has 0 radical (unpaired) electrons. The van der Waals surface area contributed by atoms with E-state index < -0.39 is 0 Å². The third-order valence-electron chi connectivity index (χ3n) is 6.16. The molecule has 0 bridgehead atoms. The van der Waals surface area contributed by atoms with Crippen LogP contribution in [0.5, 0.6) is 0 Å². The molecule has 0 saturated carbocycles. The first kappa shape index (κ1) is 19.9. The van der Waals surface area contributed by atoms with Crippen LogP contribution in [0.2, 0.25) is 0 Å². The molecule has 0 spiro atoms. The molecule has 1 amide bonds. The van der Waals surface area contributed by atoms with E-state index in [1.807, 2.05) is 19.1 Å². The van der Waals surface area contributed by atoms with Gasteiger partial charge in [-0.25, -0.2) is 0 Å². The number of ether oxygens (including phenoxy) is 1. The van der Waals surface area contributed by atoms with Crippen LogP contribution in [0.3, 0.4) is 0 Å². The van der Waals surface area contributed by atoms with E-state index in [-0.39, 0.29) is 5.91 Å². The van der Waals surface area contributed by atoms with Crippen molar-refractivity contribution in [2.45, 2.75) is 19.3 Å². The molecule has 1 atom stereocenters. The largest absolute Gasteiger partial charge is 0.378 e. The maximum atomic E-state index is 12.8. The van der Waals surface area contributed by atoms with Gasteiger partial charge in [-0.3, -0.25) is 4.79 Å². The van der Waals surface area contributed by atoms with Crippen molar-refractivity contribution in [3.8, 4) is 0 Å². The van der Waals surface area contributed by atoms with Crippen LogP contribution in [-0.2, 0) is 4.74 Å². The molecule has 2 fully saturated rings. The zero-order valence-electron chi connectivity index (χ0n) is 17.3. The van der Waals surface area contributed by atoms with E-state index >= 15 is 0 Å². The molecule has 0 aliphatic carbocycles. The lowest BCUT2D eigenvalue weighted by molar-refractivity contribution is 0.0949. The van der Waals surface area contributed by atoms with Crippen LogP contribution in [-0.4, -0.2) is 63.3 Å². The predicted molar refractivity (Wildman–Crippen MR) is 117 cm³/mol. The average molecular weight is 394 g/mol. The molecule has 1 N–H and O–H groups in total. The van der Waals surface area contributed by atoms with Crippen molar-refractivity contribution in [1.82, 2.24) is 10.2 Å². The number of rotatable bonds is 6. The van der Waals surface area contributed by atoms with Gasteiger partial charge >= 0.3 is 0 Å². The van der Waals surface area contributed by atoms with Crippen molar-refractivity contribution < 1.29 is 9.53 Å². The first-order chi connectivity index (χ1) is 14.2. The maximum absolute atomic E-state index is 12.8. The monoisotopic (exact) mass is 393 g/mol. The standard InChI is InChI=1S/C24H31N3O2/c1-19-22(8-5-9-23(19)27-14-16-29-17-15-27)24(28)25-11-13-26-12-10-21(18-26)20-6-3-2-4-7-20/h2-9,21H,10-18H2,1H3,(H,25,28). The summed E-state index contributed by atoms with van der Waals surface area (Å²) in [5.74, 6) is 0.635. The molecule has 5 nitrogen and oxygen atoms in total. The number of anilines is 1. The zero-order chi connectivity index (χ0) is 20.1. The van der Waals surface area contributed by atoms with Gasteiger partial charge in [-0.15, -0.1) is 0 Å². The van der Waals surface area contributed by atoms with E-state index in [4.69, 9.17) is 4.74 Å². The Hall–Kier alpha value is -2.37. The van der Waals surface area contributed by atoms with Crippen LogP contribution in [0.15, 0.2) is 48.5 Å². The van der Waals surface area contributed by atoms with Gasteiger partial charge in [0, 0.05) is 44.0 Å². The number of carbonyl (C=O) groups excluding carboxylic acids is 1. The molecule has 1 unspecified atom stereocenters. The van der Waals surface area contributed by atoms with Crippen LogP contribution in [0.25, 0.3) is 0 Å². The second kappa shape index (κ2) is 9.42. The molecular weight excluding hydrogens is 362 g/mol. The van der Waals surface area contributed by atoms with Gasteiger partial charge in [0.2, 0.25) is 0 Å². The Morgan fingerprint density at radius 1 is 1.07 bits per heavy atom. The second-order valence-corrected chi connectivity index (χ2v) is 8.00. The Labute approximate surface area is 173 Å². The summed E-state index contributed by atoms with van der Waals surface area (Å²) in [5.41, 5.74) is 4.40. The van der Waals surface area contributed by atoms with Gasteiger partial charge in [0.15, 0.2) is 0 Å². The van der Waals surface area contributed by atoms with Gasteiger partial charge in [-0.2, -0.15) is 0 Å². The lowest BCUT2D eigenvalue weighted by Crippen LogP contribution is -2.37. The van der Waals surface area contributed by atoms with Gasteiger partial charge in [-0.05, 0) is 49.1 Å². The fourth-order valence-corrected chi connectivity index (χ4v) is 4.47. The Bertz CT molecular complexity index is 818. The molecule has 2 aromatic rings. The van der Waals surface area contributed by atoms with Crippen molar-refractivity contribution in [2.24, 2.45) is 0 Å². The number of carbonyl (C=O) groups is 1. The molecule has 2 aliphatic heterocycles. The Kier molecular flexibility index (Phi) is 6.47.